The maximum Gasteiger partial charge on any atom is 0.474 e. The number of phosphoric acid groups is 1. The normalized spacial score (nSPS) is 25.5. The Morgan fingerprint density at radius 2 is 1.05 bits per heavy atom. The number of fused-ring (bicyclic) bond motifs is 2. The highest BCUT2D eigenvalue weighted by Crippen LogP contribution is 2.52. The van der Waals surface area contributed by atoms with Crippen LogP contribution in [0.2, 0.25) is 0 Å². The van der Waals surface area contributed by atoms with Gasteiger partial charge in [0.2, 0.25) is 11.2 Å². The average Bonchev–Trinajstić information content (AvgIpc) is 4.08. The number of nitrogens with two attached hydrogens (primary N) is 2. The van der Waals surface area contributed by atoms with Crippen molar-refractivity contribution in [3.8, 4) is 12.1 Å². The summed E-state index contributed by atoms with van der Waals surface area (Å²) in [5, 5.41) is 73.7. The van der Waals surface area contributed by atoms with Crippen LogP contribution in [-0.2, 0) is 43.5 Å². The van der Waals surface area contributed by atoms with Gasteiger partial charge in [-0.25, -0.2) is 23.6 Å². The Bertz CT molecular complexity index is 2160. The Kier molecular flexibility index (Phi) is 18.6. The molecule has 0 saturated carbocycles. The first-order valence-electron chi connectivity index (χ1n) is 23.1. The molecule has 0 aromatic carbocycles. The van der Waals surface area contributed by atoms with Crippen molar-refractivity contribution in [1.82, 2.24) is 29.2 Å². The molecule has 0 amide bonds. The molecule has 22 heteroatoms. The Morgan fingerprint density at radius 3 is 1.47 bits per heavy atom. The van der Waals surface area contributed by atoms with Crippen molar-refractivity contribution in [2.24, 2.45) is 0 Å². The van der Waals surface area contributed by atoms with Crippen LogP contribution in [0.1, 0.15) is 121 Å². The molecule has 2 aliphatic heterocycles. The van der Waals surface area contributed by atoms with Gasteiger partial charge >= 0.3 is 7.82 Å². The summed E-state index contributed by atoms with van der Waals surface area (Å²) in [7, 11) is -4.67. The predicted octanol–water partition coefficient (Wildman–Crippen LogP) is 4.75. The van der Waals surface area contributed by atoms with Crippen molar-refractivity contribution in [3.05, 3.63) is 48.3 Å². The molecule has 6 rings (SSSR count). The van der Waals surface area contributed by atoms with Gasteiger partial charge in [-0.05, 0) is 37.1 Å². The topological polar surface area (TPSA) is 313 Å². The van der Waals surface area contributed by atoms with Gasteiger partial charge in [0, 0.05) is 13.2 Å². The largest absolute Gasteiger partial charge is 0.474 e. The Morgan fingerprint density at radius 1 is 0.636 bits per heavy atom. The van der Waals surface area contributed by atoms with E-state index in [4.69, 9.17) is 39.2 Å². The van der Waals surface area contributed by atoms with E-state index >= 15 is 0 Å². The first kappa shape index (κ1) is 51.0. The van der Waals surface area contributed by atoms with Crippen molar-refractivity contribution in [3.63, 3.8) is 0 Å². The number of phosphoric ester groups is 1. The van der Waals surface area contributed by atoms with Crippen molar-refractivity contribution in [1.29, 1.82) is 10.5 Å². The number of rotatable bonds is 29. The van der Waals surface area contributed by atoms with E-state index < -0.39 is 68.9 Å². The van der Waals surface area contributed by atoms with Crippen LogP contribution in [0.3, 0.4) is 0 Å². The third-order valence-electron chi connectivity index (χ3n) is 12.3. The lowest BCUT2D eigenvalue weighted by atomic mass is 9.92. The fourth-order valence-corrected chi connectivity index (χ4v) is 9.79. The molecular weight excluding hydrogens is 876 g/mol. The maximum absolute atomic E-state index is 14.3. The summed E-state index contributed by atoms with van der Waals surface area (Å²) >= 11 is 0. The minimum Gasteiger partial charge on any atom is -0.387 e. The molecule has 0 radical (unpaired) electrons. The number of hydrogen-bond acceptors (Lipinski definition) is 19. The van der Waals surface area contributed by atoms with E-state index in [-0.39, 0.29) is 42.7 Å². The van der Waals surface area contributed by atoms with Crippen LogP contribution in [0.25, 0.3) is 11.0 Å². The standard InChI is InChI=1S/C44H65N10O11P/c1-2-3-4-5-6-7-8-9-10-11-12-13-14-15-16-22-60-23-17-24-61-66(59,62-25-33-37(55)39(57)43(27-45,64-33)35-20-18-31-41(47)49-29-51-53(31)35)63-26-34-38(56)40(58)44(28-46,65-34)36-21-19-32-42(48)50-30-52-54(32)36/h18-21,29-30,33-34,37-40,55-58H,2-17,22-26H2,1H3,(H2,47,49,51)(H2,48,50,52)/t33-,34-,37-,38-,39-,40-,43+,44+/m1/s1. The number of nitrogen functional groups attached to an aromatic ring is 2. The summed E-state index contributed by atoms with van der Waals surface area (Å²) in [6, 6.07) is 9.81. The lowest BCUT2D eigenvalue weighted by Gasteiger charge is -2.25. The lowest BCUT2D eigenvalue weighted by Crippen LogP contribution is -2.41. The van der Waals surface area contributed by atoms with Crippen LogP contribution >= 0.6 is 7.82 Å². The van der Waals surface area contributed by atoms with Gasteiger partial charge in [0.1, 0.15) is 72.5 Å². The number of nitriles is 2. The number of hydrogen-bond donors (Lipinski definition) is 6. The van der Waals surface area contributed by atoms with E-state index in [2.05, 4.69) is 27.1 Å². The summed E-state index contributed by atoms with van der Waals surface area (Å²) in [6.45, 7) is 1.46. The van der Waals surface area contributed by atoms with E-state index in [0.29, 0.717) is 17.6 Å². The van der Waals surface area contributed by atoms with Crippen molar-refractivity contribution < 1.29 is 52.8 Å². The summed E-state index contributed by atoms with van der Waals surface area (Å²) in [5.41, 5.74) is 8.32. The minimum absolute atomic E-state index is 0.0417. The van der Waals surface area contributed by atoms with Crippen LogP contribution in [0.5, 0.6) is 0 Å². The van der Waals surface area contributed by atoms with Gasteiger partial charge in [-0.15, -0.1) is 0 Å². The highest BCUT2D eigenvalue weighted by molar-refractivity contribution is 7.48. The number of anilines is 2. The third kappa shape index (κ3) is 11.7. The Hall–Kier alpha value is -4.35. The molecule has 0 unspecified atom stereocenters. The zero-order valence-electron chi connectivity index (χ0n) is 37.6. The summed E-state index contributed by atoms with van der Waals surface area (Å²) in [6.07, 6.45) is 11.5. The molecule has 0 spiro atoms. The van der Waals surface area contributed by atoms with Gasteiger partial charge in [0.05, 0.1) is 31.2 Å². The number of ether oxygens (including phenoxy) is 3. The lowest BCUT2D eigenvalue weighted by molar-refractivity contribution is -0.0741. The molecule has 21 nitrogen and oxygen atoms in total. The van der Waals surface area contributed by atoms with Gasteiger partial charge in [-0.1, -0.05) is 96.8 Å². The summed E-state index contributed by atoms with van der Waals surface area (Å²) in [5.74, 6) is 0.193. The quantitative estimate of drug-likeness (QED) is 0.0316. The number of nitrogens with zero attached hydrogens (tertiary/aromatic N) is 8. The maximum atomic E-state index is 14.3. The van der Waals surface area contributed by atoms with Crippen LogP contribution in [0, 0.1) is 22.7 Å². The van der Waals surface area contributed by atoms with Gasteiger partial charge in [-0.3, -0.25) is 13.6 Å². The smallest absolute Gasteiger partial charge is 0.387 e. The monoisotopic (exact) mass is 940 g/mol. The molecule has 0 aliphatic carbocycles. The number of aromatic nitrogens is 6. The second-order valence-corrected chi connectivity index (χ2v) is 18.7. The number of aliphatic hydroxyl groups excluding tert-OH is 4. The first-order chi connectivity index (χ1) is 31.9. The highest BCUT2D eigenvalue weighted by atomic mass is 31.2. The van der Waals surface area contributed by atoms with Gasteiger partial charge in [0.25, 0.3) is 0 Å². The molecule has 4 aromatic heterocycles. The van der Waals surface area contributed by atoms with Crippen molar-refractivity contribution >= 4 is 30.5 Å². The molecule has 8 atom stereocenters. The van der Waals surface area contributed by atoms with E-state index in [1.807, 2.05) is 12.1 Å². The van der Waals surface area contributed by atoms with Gasteiger partial charge in [0.15, 0.2) is 11.6 Å². The summed E-state index contributed by atoms with van der Waals surface area (Å²) < 4.78 is 51.7. The average molecular weight is 941 g/mol. The third-order valence-corrected chi connectivity index (χ3v) is 13.8. The van der Waals surface area contributed by atoms with Crippen molar-refractivity contribution in [2.75, 3.05) is 44.5 Å². The van der Waals surface area contributed by atoms with Crippen LogP contribution < -0.4 is 11.5 Å². The number of unbranched alkanes of at least 4 members (excludes halogenated alkanes) is 14. The summed E-state index contributed by atoms with van der Waals surface area (Å²) in [4.78, 5) is 7.87. The van der Waals surface area contributed by atoms with E-state index in [0.717, 1.165) is 31.9 Å². The molecular formula is C44H65N10O11P. The molecule has 4 aromatic rings. The Balaban J connectivity index is 1.01. The fourth-order valence-electron chi connectivity index (χ4n) is 8.56. The molecule has 2 saturated heterocycles. The molecule has 2 fully saturated rings. The first-order valence-corrected chi connectivity index (χ1v) is 24.6. The van der Waals surface area contributed by atoms with E-state index in [9.17, 15) is 35.5 Å². The SMILES string of the molecule is CCCCCCCCCCCCCCCCCOCCCOP(=O)(OC[C@H]1O[C@@](C#N)(c2ccc3c(N)ncnn23)[C@H](O)[C@@H]1O)OC[C@H]1O[C@@](C#N)(c2ccc3c(N)ncnn23)[C@H](O)[C@@H]1O. The van der Waals surface area contributed by atoms with E-state index in [1.165, 1.54) is 110 Å². The zero-order valence-corrected chi connectivity index (χ0v) is 38.5. The van der Waals surface area contributed by atoms with Gasteiger partial charge < -0.3 is 46.1 Å². The zero-order chi connectivity index (χ0) is 47.2. The van der Waals surface area contributed by atoms with E-state index in [1.54, 1.807) is 0 Å². The highest BCUT2D eigenvalue weighted by Gasteiger charge is 2.59. The van der Waals surface area contributed by atoms with Crippen LogP contribution in [0.15, 0.2) is 36.9 Å². The second kappa shape index (κ2) is 24.1. The molecule has 2 aliphatic rings. The molecule has 66 heavy (non-hydrogen) atoms. The molecule has 8 N–H and O–H groups in total. The minimum atomic E-state index is -4.67. The molecule has 6 heterocycles. The van der Waals surface area contributed by atoms with Crippen LogP contribution in [-0.4, -0.2) is 119 Å². The van der Waals surface area contributed by atoms with Gasteiger partial charge in [-0.2, -0.15) is 20.7 Å². The predicted molar refractivity (Wildman–Crippen MR) is 239 cm³/mol. The fraction of sp³-hybridized carbons (Fsp3) is 0.682. The van der Waals surface area contributed by atoms with Crippen molar-refractivity contribution in [2.45, 2.75) is 157 Å². The molecule has 0 bridgehead atoms. The molecule has 362 valence electrons. The number of aliphatic hydroxyl groups is 4. The Labute approximate surface area is 384 Å². The second-order valence-electron chi connectivity index (χ2n) is 17.0. The van der Waals surface area contributed by atoms with Crippen LogP contribution in [0.4, 0.5) is 11.6 Å².